The van der Waals surface area contributed by atoms with Gasteiger partial charge in [0, 0.05) is 13.5 Å². The number of halogens is 4. The van der Waals surface area contributed by atoms with E-state index in [-0.39, 0.29) is 0 Å². The minimum Gasteiger partial charge on any atom is -0.475 e. The van der Waals surface area contributed by atoms with Crippen LogP contribution in [0.3, 0.4) is 0 Å². The lowest BCUT2D eigenvalue weighted by Gasteiger charge is -2.27. The van der Waals surface area contributed by atoms with Gasteiger partial charge in [-0.2, -0.15) is 23.3 Å². The van der Waals surface area contributed by atoms with Crippen LogP contribution in [0.1, 0.15) is 25.7 Å². The molecule has 0 amide bonds. The van der Waals surface area contributed by atoms with Crippen molar-refractivity contribution >= 4 is 21.9 Å². The van der Waals surface area contributed by atoms with Crippen molar-refractivity contribution in [2.45, 2.75) is 32.4 Å². The molecule has 0 spiro atoms. The van der Waals surface area contributed by atoms with E-state index in [1.165, 1.54) is 12.8 Å². The molecule has 1 unspecified atom stereocenters. The zero-order valence-corrected chi connectivity index (χ0v) is 16.9. The number of carboxylic acids is 1. The van der Waals surface area contributed by atoms with Crippen molar-refractivity contribution in [3.05, 3.63) is 16.7 Å². The van der Waals surface area contributed by atoms with Crippen LogP contribution in [-0.4, -0.2) is 50.3 Å². The van der Waals surface area contributed by atoms with Gasteiger partial charge in [-0.1, -0.05) is 12.1 Å². The third-order valence-electron chi connectivity index (χ3n) is 4.50. The highest BCUT2D eigenvalue weighted by molar-refractivity contribution is 9.10. The fraction of sp³-hybridized carbons (Fsp3) is 0.625. The Morgan fingerprint density at radius 1 is 1.46 bits per heavy atom. The van der Waals surface area contributed by atoms with Gasteiger partial charge in [0.05, 0.1) is 11.8 Å². The van der Waals surface area contributed by atoms with E-state index in [0.29, 0.717) is 17.6 Å². The molecule has 0 aromatic carbocycles. The molecule has 1 atom stereocenters. The smallest absolute Gasteiger partial charge is 0.475 e. The molecule has 3 rings (SSSR count). The van der Waals surface area contributed by atoms with E-state index in [2.05, 4.69) is 43.4 Å². The molecule has 0 saturated carbocycles. The van der Waals surface area contributed by atoms with E-state index < -0.39 is 12.1 Å². The van der Waals surface area contributed by atoms with Crippen LogP contribution in [0.2, 0.25) is 0 Å². The molecule has 0 bridgehead atoms. The van der Waals surface area contributed by atoms with E-state index in [1.807, 2.05) is 7.05 Å². The molecule has 3 heterocycles. The highest BCUT2D eigenvalue weighted by Gasteiger charge is 2.38. The zero-order valence-electron chi connectivity index (χ0n) is 15.3. The van der Waals surface area contributed by atoms with Gasteiger partial charge in [-0.3, -0.25) is 4.68 Å². The highest BCUT2D eigenvalue weighted by atomic mass is 79.9. The van der Waals surface area contributed by atoms with Gasteiger partial charge in [0.15, 0.2) is 0 Å². The topological polar surface area (TPSA) is 106 Å². The summed E-state index contributed by atoms with van der Waals surface area (Å²) in [6.45, 7) is 4.51. The zero-order chi connectivity index (χ0) is 20.9. The first-order valence-corrected chi connectivity index (χ1v) is 9.40. The number of hydrogen-bond acceptors (Lipinski definition) is 6. The van der Waals surface area contributed by atoms with Gasteiger partial charge in [-0.25, -0.2) is 4.79 Å². The number of aryl methyl sites for hydroxylation is 1. The van der Waals surface area contributed by atoms with E-state index in [0.717, 1.165) is 35.6 Å². The van der Waals surface area contributed by atoms with Gasteiger partial charge in [-0.15, -0.1) is 0 Å². The van der Waals surface area contributed by atoms with Crippen LogP contribution in [0.15, 0.2) is 15.3 Å². The van der Waals surface area contributed by atoms with Gasteiger partial charge < -0.3 is 14.9 Å². The van der Waals surface area contributed by atoms with Crippen molar-refractivity contribution in [1.29, 1.82) is 0 Å². The molecule has 0 radical (unpaired) electrons. The van der Waals surface area contributed by atoms with Gasteiger partial charge in [0.25, 0.3) is 0 Å². The molecule has 2 N–H and O–H groups in total. The van der Waals surface area contributed by atoms with Gasteiger partial charge in [-0.05, 0) is 53.7 Å². The first-order valence-electron chi connectivity index (χ1n) is 8.60. The molecule has 8 nitrogen and oxygen atoms in total. The first-order chi connectivity index (χ1) is 13.1. The Balaban J connectivity index is 0.000000345. The first kappa shape index (κ1) is 22.3. The summed E-state index contributed by atoms with van der Waals surface area (Å²) < 4.78 is 39.7. The Kier molecular flexibility index (Phi) is 7.58. The standard InChI is InChI=1S/C14H20BrN5O.C2HF3O2/c1-9(10-3-5-16-6-4-10)7-12-18-14(19-21-12)11-8-17-20(2)13(11)15;3-2(4,5)1(6)7/h8-10,16H,3-7H2,1-2H3;(H,6,7). The number of alkyl halides is 3. The molecule has 12 heteroatoms. The third kappa shape index (κ3) is 6.03. The summed E-state index contributed by atoms with van der Waals surface area (Å²) in [4.78, 5) is 13.4. The summed E-state index contributed by atoms with van der Waals surface area (Å²) >= 11 is 3.48. The molecule has 1 aliphatic rings. The predicted molar refractivity (Wildman–Crippen MR) is 96.4 cm³/mol. The summed E-state index contributed by atoms with van der Waals surface area (Å²) in [6, 6.07) is 0. The van der Waals surface area contributed by atoms with Crippen LogP contribution in [0.4, 0.5) is 13.2 Å². The van der Waals surface area contributed by atoms with Crippen molar-refractivity contribution in [3.63, 3.8) is 0 Å². The number of nitrogens with one attached hydrogen (secondary N) is 1. The molecule has 28 heavy (non-hydrogen) atoms. The molecular formula is C16H21BrF3N5O3. The summed E-state index contributed by atoms with van der Waals surface area (Å²) in [5.74, 6) is -0.133. The molecule has 2 aromatic heterocycles. The van der Waals surface area contributed by atoms with E-state index in [9.17, 15) is 13.2 Å². The van der Waals surface area contributed by atoms with Gasteiger partial charge in [0.2, 0.25) is 11.7 Å². The predicted octanol–water partition coefficient (Wildman–Crippen LogP) is 3.04. The Labute approximate surface area is 167 Å². The number of aromatic nitrogens is 4. The van der Waals surface area contributed by atoms with E-state index in [1.54, 1.807) is 10.9 Å². The molecule has 1 fully saturated rings. The van der Waals surface area contributed by atoms with Crippen molar-refractivity contribution in [2.75, 3.05) is 13.1 Å². The Morgan fingerprint density at radius 3 is 2.57 bits per heavy atom. The fourth-order valence-electron chi connectivity index (χ4n) is 2.88. The van der Waals surface area contributed by atoms with Crippen molar-refractivity contribution < 1.29 is 27.6 Å². The Bertz CT molecular complexity index is 787. The molecule has 2 aromatic rings. The minimum absolute atomic E-state index is 0.567. The highest BCUT2D eigenvalue weighted by Crippen LogP contribution is 2.27. The van der Waals surface area contributed by atoms with Crippen LogP contribution in [-0.2, 0) is 18.3 Å². The maximum Gasteiger partial charge on any atom is 0.490 e. The molecule has 1 aliphatic heterocycles. The summed E-state index contributed by atoms with van der Waals surface area (Å²) in [6.07, 6.45) is -0.0306. The van der Waals surface area contributed by atoms with Crippen molar-refractivity contribution in [2.24, 2.45) is 18.9 Å². The Hall–Kier alpha value is -1.95. The Morgan fingerprint density at radius 2 is 2.07 bits per heavy atom. The molecule has 1 saturated heterocycles. The number of hydrogen-bond donors (Lipinski definition) is 2. The number of aliphatic carboxylic acids is 1. The molecular weight excluding hydrogens is 447 g/mol. The minimum atomic E-state index is -5.08. The number of carboxylic acid groups (broad SMARTS) is 1. The fourth-order valence-corrected chi connectivity index (χ4v) is 3.25. The molecule has 156 valence electrons. The number of nitrogens with zero attached hydrogens (tertiary/aromatic N) is 4. The maximum absolute atomic E-state index is 10.6. The number of piperidine rings is 1. The number of rotatable bonds is 4. The maximum atomic E-state index is 10.6. The van der Waals surface area contributed by atoms with Crippen molar-refractivity contribution in [1.82, 2.24) is 25.2 Å². The average Bonchev–Trinajstić information content (AvgIpc) is 3.22. The van der Waals surface area contributed by atoms with Gasteiger partial charge >= 0.3 is 12.1 Å². The summed E-state index contributed by atoms with van der Waals surface area (Å²) in [5, 5.41) is 18.8. The van der Waals surface area contributed by atoms with Crippen LogP contribution in [0.5, 0.6) is 0 Å². The van der Waals surface area contributed by atoms with E-state index in [4.69, 9.17) is 14.4 Å². The monoisotopic (exact) mass is 467 g/mol. The van der Waals surface area contributed by atoms with E-state index >= 15 is 0 Å². The van der Waals surface area contributed by atoms with Crippen LogP contribution in [0, 0.1) is 11.8 Å². The van der Waals surface area contributed by atoms with Crippen LogP contribution < -0.4 is 5.32 Å². The largest absolute Gasteiger partial charge is 0.490 e. The molecule has 0 aliphatic carbocycles. The normalized spacial score (nSPS) is 16.4. The lowest BCUT2D eigenvalue weighted by atomic mass is 9.84. The lowest BCUT2D eigenvalue weighted by Crippen LogP contribution is -2.31. The lowest BCUT2D eigenvalue weighted by molar-refractivity contribution is -0.192. The van der Waals surface area contributed by atoms with Crippen LogP contribution in [0.25, 0.3) is 11.4 Å². The SMILES string of the molecule is CC(Cc1nc(-c2cnn(C)c2Br)no1)C1CCNCC1.O=C(O)C(F)(F)F. The second-order valence-electron chi connectivity index (χ2n) is 6.56. The number of carbonyl (C=O) groups is 1. The van der Waals surface area contributed by atoms with Gasteiger partial charge in [0.1, 0.15) is 4.60 Å². The van der Waals surface area contributed by atoms with Crippen molar-refractivity contribution in [3.8, 4) is 11.4 Å². The summed E-state index contributed by atoms with van der Waals surface area (Å²) in [5.41, 5.74) is 0.863. The second-order valence-corrected chi connectivity index (χ2v) is 7.31. The average molecular weight is 468 g/mol. The summed E-state index contributed by atoms with van der Waals surface area (Å²) in [7, 11) is 1.87. The van der Waals surface area contributed by atoms with Crippen LogP contribution >= 0.6 is 15.9 Å². The second kappa shape index (κ2) is 9.50. The third-order valence-corrected chi connectivity index (χ3v) is 5.44. The quantitative estimate of drug-likeness (QED) is 0.711.